The Labute approximate surface area is 117 Å². The van der Waals surface area contributed by atoms with Crippen LogP contribution in [0.2, 0.25) is 0 Å². The quantitative estimate of drug-likeness (QED) is 0.849. The lowest BCUT2D eigenvalue weighted by atomic mass is 9.70. The number of aryl methyl sites for hydroxylation is 1. The van der Waals surface area contributed by atoms with E-state index >= 15 is 0 Å². The van der Waals surface area contributed by atoms with Gasteiger partial charge in [0.15, 0.2) is 0 Å². The zero-order valence-electron chi connectivity index (χ0n) is 11.8. The Balaban J connectivity index is 1.95. The van der Waals surface area contributed by atoms with Crippen molar-refractivity contribution >= 4 is 0 Å². The first-order valence-corrected chi connectivity index (χ1v) is 7.17. The van der Waals surface area contributed by atoms with Crippen LogP contribution in [0.3, 0.4) is 0 Å². The summed E-state index contributed by atoms with van der Waals surface area (Å²) in [5.74, 6) is 0. The van der Waals surface area contributed by atoms with Crippen molar-refractivity contribution in [2.75, 3.05) is 0 Å². The predicted octanol–water partition coefficient (Wildman–Crippen LogP) is 4.38. The van der Waals surface area contributed by atoms with Gasteiger partial charge in [0.05, 0.1) is 0 Å². The molecule has 3 rings (SSSR count). The molecule has 0 radical (unpaired) electrons. The fourth-order valence-corrected chi connectivity index (χ4v) is 3.25. The van der Waals surface area contributed by atoms with Crippen LogP contribution in [0.4, 0.5) is 13.2 Å². The van der Waals surface area contributed by atoms with Gasteiger partial charge in [-0.05, 0) is 42.2 Å². The van der Waals surface area contributed by atoms with E-state index < -0.39 is 11.7 Å². The van der Waals surface area contributed by atoms with Crippen LogP contribution in [0.5, 0.6) is 0 Å². The van der Waals surface area contributed by atoms with Gasteiger partial charge in [-0.25, -0.2) is 0 Å². The second-order valence-corrected chi connectivity index (χ2v) is 6.84. The zero-order chi connectivity index (χ0) is 14.6. The molecular weight excluding hydrogens is 263 g/mol. The number of nitrogens with one attached hydrogen (secondary N) is 1. The Bertz CT molecular complexity index is 515. The van der Waals surface area contributed by atoms with Crippen molar-refractivity contribution in [1.29, 1.82) is 0 Å². The molecule has 1 atom stereocenters. The summed E-state index contributed by atoms with van der Waals surface area (Å²) in [6.45, 7) is 4.13. The van der Waals surface area contributed by atoms with Crippen molar-refractivity contribution in [2.24, 2.45) is 5.41 Å². The van der Waals surface area contributed by atoms with Crippen molar-refractivity contribution in [3.05, 3.63) is 35.4 Å². The molecule has 0 saturated heterocycles. The minimum atomic E-state index is -4.16. The molecule has 2 aliphatic rings. The summed E-state index contributed by atoms with van der Waals surface area (Å²) >= 11 is 0. The summed E-state index contributed by atoms with van der Waals surface area (Å²) in [5, 5.41) is 2.97. The first-order chi connectivity index (χ1) is 9.25. The number of fused-ring (bicyclic) bond motifs is 1. The third kappa shape index (κ3) is 2.14. The highest BCUT2D eigenvalue weighted by Gasteiger charge is 2.64. The maximum atomic E-state index is 13.2. The van der Waals surface area contributed by atoms with Crippen LogP contribution in [0.15, 0.2) is 24.3 Å². The number of halogens is 3. The molecule has 1 aromatic carbocycles. The third-order valence-electron chi connectivity index (χ3n) is 4.90. The molecule has 0 aliphatic heterocycles. The van der Waals surface area contributed by atoms with Gasteiger partial charge in [0.2, 0.25) is 0 Å². The number of rotatable bonds is 2. The molecule has 1 nitrogen and oxygen atoms in total. The van der Waals surface area contributed by atoms with E-state index in [9.17, 15) is 13.2 Å². The molecule has 0 heterocycles. The molecule has 0 aromatic heterocycles. The Morgan fingerprint density at radius 3 is 2.35 bits per heavy atom. The molecule has 2 aliphatic carbocycles. The highest BCUT2D eigenvalue weighted by molar-refractivity contribution is 5.35. The van der Waals surface area contributed by atoms with Crippen LogP contribution >= 0.6 is 0 Å². The van der Waals surface area contributed by atoms with E-state index in [4.69, 9.17) is 0 Å². The van der Waals surface area contributed by atoms with Gasteiger partial charge >= 0.3 is 6.18 Å². The number of hydrogen-bond acceptors (Lipinski definition) is 1. The summed E-state index contributed by atoms with van der Waals surface area (Å²) in [5.41, 5.74) is 0.413. The first-order valence-electron chi connectivity index (χ1n) is 7.17. The van der Waals surface area contributed by atoms with Crippen molar-refractivity contribution in [3.8, 4) is 0 Å². The van der Waals surface area contributed by atoms with Gasteiger partial charge < -0.3 is 0 Å². The SMILES string of the molecule is CC1(C)CCc2ccccc2C1NC1(C(F)(F)F)CC1. The Morgan fingerprint density at radius 1 is 1.10 bits per heavy atom. The second-order valence-electron chi connectivity index (χ2n) is 6.84. The standard InChI is InChI=1S/C16H20F3N/c1-14(2)8-7-11-5-3-4-6-12(11)13(14)20-15(9-10-15)16(17,18)19/h3-6,13,20H,7-10H2,1-2H3. The second kappa shape index (κ2) is 4.23. The average Bonchev–Trinajstić information content (AvgIpc) is 3.13. The lowest BCUT2D eigenvalue weighted by Crippen LogP contribution is -2.51. The molecule has 1 fully saturated rings. The van der Waals surface area contributed by atoms with Gasteiger partial charge in [0.25, 0.3) is 0 Å². The maximum absolute atomic E-state index is 13.2. The summed E-state index contributed by atoms with van der Waals surface area (Å²) in [4.78, 5) is 0. The third-order valence-corrected chi connectivity index (χ3v) is 4.90. The molecule has 1 saturated carbocycles. The van der Waals surface area contributed by atoms with E-state index in [1.54, 1.807) is 0 Å². The minimum Gasteiger partial charge on any atom is -0.296 e. The summed E-state index contributed by atoms with van der Waals surface area (Å²) < 4.78 is 39.6. The van der Waals surface area contributed by atoms with Crippen LogP contribution in [0, 0.1) is 5.41 Å². The van der Waals surface area contributed by atoms with Crippen molar-refractivity contribution in [2.45, 2.75) is 57.3 Å². The lowest BCUT2D eigenvalue weighted by Gasteiger charge is -2.43. The average molecular weight is 283 g/mol. The fourth-order valence-electron chi connectivity index (χ4n) is 3.25. The van der Waals surface area contributed by atoms with Crippen molar-refractivity contribution in [1.82, 2.24) is 5.32 Å². The summed E-state index contributed by atoms with van der Waals surface area (Å²) in [6.07, 6.45) is -1.90. The molecule has 1 N–H and O–H groups in total. The van der Waals surface area contributed by atoms with Gasteiger partial charge in [0, 0.05) is 6.04 Å². The van der Waals surface area contributed by atoms with E-state index in [0.717, 1.165) is 18.4 Å². The Hall–Kier alpha value is -1.03. The Kier molecular flexibility index (Phi) is 2.95. The van der Waals surface area contributed by atoms with Crippen molar-refractivity contribution < 1.29 is 13.2 Å². The predicted molar refractivity (Wildman–Crippen MR) is 72.4 cm³/mol. The first kappa shape index (κ1) is 13.9. The lowest BCUT2D eigenvalue weighted by molar-refractivity contribution is -0.170. The molecule has 0 spiro atoms. The molecule has 0 amide bonds. The van der Waals surface area contributed by atoms with Gasteiger partial charge in [-0.15, -0.1) is 0 Å². The largest absolute Gasteiger partial charge is 0.406 e. The van der Waals surface area contributed by atoms with E-state index in [2.05, 4.69) is 19.2 Å². The molecular formula is C16H20F3N. The van der Waals surface area contributed by atoms with Crippen LogP contribution in [-0.2, 0) is 6.42 Å². The number of alkyl halides is 3. The smallest absolute Gasteiger partial charge is 0.296 e. The molecule has 20 heavy (non-hydrogen) atoms. The van der Waals surface area contributed by atoms with Gasteiger partial charge in [-0.2, -0.15) is 13.2 Å². The molecule has 110 valence electrons. The van der Waals surface area contributed by atoms with E-state index in [0.29, 0.717) is 0 Å². The highest BCUT2D eigenvalue weighted by atomic mass is 19.4. The van der Waals surface area contributed by atoms with E-state index in [1.807, 2.05) is 24.3 Å². The summed E-state index contributed by atoms with van der Waals surface area (Å²) in [6, 6.07) is 7.66. The molecule has 4 heteroatoms. The monoisotopic (exact) mass is 283 g/mol. The minimum absolute atomic E-state index is 0.158. The summed E-state index contributed by atoms with van der Waals surface area (Å²) in [7, 11) is 0. The van der Waals surface area contributed by atoms with Gasteiger partial charge in [0.1, 0.15) is 5.54 Å². The van der Waals surface area contributed by atoms with Crippen LogP contribution in [0.1, 0.15) is 50.3 Å². The zero-order valence-corrected chi connectivity index (χ0v) is 11.8. The Morgan fingerprint density at radius 2 is 1.75 bits per heavy atom. The maximum Gasteiger partial charge on any atom is 0.406 e. The van der Waals surface area contributed by atoms with E-state index in [1.165, 1.54) is 5.56 Å². The van der Waals surface area contributed by atoms with Gasteiger partial charge in [-0.3, -0.25) is 5.32 Å². The fraction of sp³-hybridized carbons (Fsp3) is 0.625. The highest BCUT2D eigenvalue weighted by Crippen LogP contribution is 2.53. The van der Waals surface area contributed by atoms with Crippen LogP contribution in [0.25, 0.3) is 0 Å². The normalized spacial score (nSPS) is 26.9. The number of benzene rings is 1. The topological polar surface area (TPSA) is 12.0 Å². The van der Waals surface area contributed by atoms with Crippen LogP contribution in [-0.4, -0.2) is 11.7 Å². The van der Waals surface area contributed by atoms with Gasteiger partial charge in [-0.1, -0.05) is 38.1 Å². The molecule has 1 unspecified atom stereocenters. The van der Waals surface area contributed by atoms with Crippen molar-refractivity contribution in [3.63, 3.8) is 0 Å². The van der Waals surface area contributed by atoms with Crippen LogP contribution < -0.4 is 5.32 Å². The molecule has 0 bridgehead atoms. The number of hydrogen-bond donors (Lipinski definition) is 1. The molecule has 1 aromatic rings. The van der Waals surface area contributed by atoms with E-state index in [-0.39, 0.29) is 24.3 Å².